The molecule has 149 valence electrons. The molecule has 6 heteroatoms. The van der Waals surface area contributed by atoms with E-state index in [-0.39, 0.29) is 5.54 Å². The van der Waals surface area contributed by atoms with E-state index in [1.165, 1.54) is 12.8 Å². The average molecular weight is 386 g/mol. The molecule has 1 atom stereocenters. The van der Waals surface area contributed by atoms with Crippen LogP contribution in [0, 0.1) is 0 Å². The Kier molecular flexibility index (Phi) is 5.22. The number of rotatable bonds is 6. The van der Waals surface area contributed by atoms with Gasteiger partial charge < -0.3 is 5.32 Å². The molecule has 0 spiro atoms. The number of fused-ring (bicyclic) bond motifs is 1. The molecule has 3 heterocycles. The minimum Gasteiger partial charge on any atom is -0.343 e. The second-order valence-electron chi connectivity index (χ2n) is 8.64. The van der Waals surface area contributed by atoms with Crippen molar-refractivity contribution in [2.75, 3.05) is 11.9 Å². The average Bonchev–Trinajstić information content (AvgIpc) is 3.24. The van der Waals surface area contributed by atoms with E-state index in [9.17, 15) is 0 Å². The third-order valence-corrected chi connectivity index (χ3v) is 6.04. The summed E-state index contributed by atoms with van der Waals surface area (Å²) in [6.07, 6.45) is 8.26. The summed E-state index contributed by atoms with van der Waals surface area (Å²) in [7, 11) is 4.24. The smallest absolute Gasteiger partial charge is 0.130 e. The maximum Gasteiger partial charge on any atom is 0.130 e. The Morgan fingerprint density at radius 1 is 1.24 bits per heavy atom. The monoisotopic (exact) mass is 386 g/mol. The predicted octanol–water partition coefficient (Wildman–Crippen LogP) is 4.51. The Hall–Kier alpha value is -2.60. The van der Waals surface area contributed by atoms with Crippen molar-refractivity contribution < 1.29 is 0 Å². The van der Waals surface area contributed by atoms with E-state index >= 15 is 0 Å². The molecule has 5 nitrogen and oxygen atoms in total. The summed E-state index contributed by atoms with van der Waals surface area (Å²) < 4.78 is 1.82. The highest BCUT2D eigenvalue weighted by molar-refractivity contribution is 6.35. The normalized spacial score (nSPS) is 18.8. The largest absolute Gasteiger partial charge is 0.343 e. The van der Waals surface area contributed by atoms with Crippen LogP contribution in [0.25, 0.3) is 21.9 Å². The van der Waals surface area contributed by atoms with Crippen molar-refractivity contribution in [1.29, 1.82) is 0 Å². The molecule has 1 unspecified atom stereocenters. The van der Waals surface area contributed by atoms with Gasteiger partial charge in [-0.25, -0.2) is 4.98 Å². The van der Waals surface area contributed by atoms with E-state index in [0.717, 1.165) is 40.0 Å². The van der Waals surface area contributed by atoms with Crippen LogP contribution < -0.4 is 5.32 Å². The summed E-state index contributed by atoms with van der Waals surface area (Å²) >= 11 is 0. The zero-order valence-corrected chi connectivity index (χ0v) is 17.8. The summed E-state index contributed by atoms with van der Waals surface area (Å²) in [6, 6.07) is 8.51. The van der Waals surface area contributed by atoms with E-state index in [2.05, 4.69) is 79.1 Å². The quantitative estimate of drug-likeness (QED) is 0.633. The number of likely N-dealkylation sites (tertiary alicyclic amines) is 1. The molecule has 3 aromatic rings. The van der Waals surface area contributed by atoms with Gasteiger partial charge in [-0.2, -0.15) is 5.10 Å². The number of aryl methyl sites for hydroxylation is 1. The first-order chi connectivity index (χ1) is 13.9. The molecule has 0 amide bonds. The lowest BCUT2D eigenvalue weighted by atomic mass is 9.71. The van der Waals surface area contributed by atoms with Gasteiger partial charge in [-0.05, 0) is 55.7 Å². The summed E-state index contributed by atoms with van der Waals surface area (Å²) in [5, 5.41) is 9.98. The van der Waals surface area contributed by atoms with Crippen LogP contribution in [0.3, 0.4) is 0 Å². The van der Waals surface area contributed by atoms with Crippen molar-refractivity contribution >= 4 is 23.9 Å². The summed E-state index contributed by atoms with van der Waals surface area (Å²) in [5.74, 6) is 1.34. The molecule has 1 aromatic carbocycles. The van der Waals surface area contributed by atoms with Crippen LogP contribution >= 0.6 is 0 Å². The Labute approximate surface area is 174 Å². The molecule has 1 saturated heterocycles. The van der Waals surface area contributed by atoms with Crippen molar-refractivity contribution in [1.82, 2.24) is 19.7 Å². The molecule has 4 rings (SSSR count). The SMILES string of the molecule is C=C(CN1C([B]C)CCC1(C)C)Nc1cc2cc(-c3cnn(C)c3)ccc2cn1. The maximum atomic E-state index is 4.59. The predicted molar refractivity (Wildman–Crippen MR) is 122 cm³/mol. The van der Waals surface area contributed by atoms with Crippen LogP contribution in [0.5, 0.6) is 0 Å². The van der Waals surface area contributed by atoms with E-state index in [1.54, 1.807) is 0 Å². The van der Waals surface area contributed by atoms with Gasteiger partial charge in [0.15, 0.2) is 0 Å². The molecule has 0 saturated carbocycles. The number of pyridine rings is 1. The molecule has 29 heavy (non-hydrogen) atoms. The van der Waals surface area contributed by atoms with Crippen molar-refractivity contribution in [3.63, 3.8) is 0 Å². The van der Waals surface area contributed by atoms with Crippen molar-refractivity contribution in [3.8, 4) is 11.1 Å². The number of aromatic nitrogens is 3. The van der Waals surface area contributed by atoms with Gasteiger partial charge in [-0.15, -0.1) is 0 Å². The van der Waals surface area contributed by atoms with Crippen LogP contribution in [0.4, 0.5) is 5.82 Å². The number of anilines is 1. The van der Waals surface area contributed by atoms with E-state index in [4.69, 9.17) is 0 Å². The lowest BCUT2D eigenvalue weighted by Crippen LogP contribution is -2.46. The minimum atomic E-state index is 0.192. The van der Waals surface area contributed by atoms with Crippen LogP contribution in [-0.4, -0.2) is 45.0 Å². The van der Waals surface area contributed by atoms with Gasteiger partial charge in [0.1, 0.15) is 13.1 Å². The topological polar surface area (TPSA) is 46.0 Å². The molecule has 0 bridgehead atoms. The highest BCUT2D eigenvalue weighted by Crippen LogP contribution is 2.33. The molecular weight excluding hydrogens is 357 g/mol. The lowest BCUT2D eigenvalue weighted by Gasteiger charge is -2.36. The first kappa shape index (κ1) is 19.7. The third-order valence-electron chi connectivity index (χ3n) is 6.04. The minimum absolute atomic E-state index is 0.192. The first-order valence-electron chi connectivity index (χ1n) is 10.3. The molecule has 1 aliphatic rings. The van der Waals surface area contributed by atoms with Crippen molar-refractivity contribution in [2.45, 2.75) is 45.0 Å². The zero-order valence-electron chi connectivity index (χ0n) is 17.8. The summed E-state index contributed by atoms with van der Waals surface area (Å²) in [5.41, 5.74) is 3.43. The van der Waals surface area contributed by atoms with Crippen LogP contribution in [-0.2, 0) is 7.05 Å². The van der Waals surface area contributed by atoms with Crippen molar-refractivity contribution in [2.24, 2.45) is 7.05 Å². The second kappa shape index (κ2) is 7.67. The van der Waals surface area contributed by atoms with Crippen LogP contribution in [0.2, 0.25) is 6.82 Å². The van der Waals surface area contributed by atoms with Gasteiger partial charge in [-0.1, -0.05) is 25.5 Å². The molecule has 1 radical (unpaired) electrons. The lowest BCUT2D eigenvalue weighted by molar-refractivity contribution is 0.175. The van der Waals surface area contributed by atoms with E-state index in [1.807, 2.05) is 30.3 Å². The van der Waals surface area contributed by atoms with Gasteiger partial charge in [-0.3, -0.25) is 9.58 Å². The maximum absolute atomic E-state index is 4.59. The van der Waals surface area contributed by atoms with Crippen molar-refractivity contribution in [3.05, 3.63) is 55.1 Å². The fourth-order valence-corrected chi connectivity index (χ4v) is 4.31. The Balaban J connectivity index is 1.52. The molecular formula is C23H29BN5. The van der Waals surface area contributed by atoms with E-state index < -0.39 is 0 Å². The molecule has 1 N–H and O–H groups in total. The van der Waals surface area contributed by atoms with E-state index in [0.29, 0.717) is 5.94 Å². The summed E-state index contributed by atoms with van der Waals surface area (Å²) in [4.78, 5) is 7.12. The molecule has 1 fully saturated rings. The van der Waals surface area contributed by atoms with Gasteiger partial charge in [0, 0.05) is 48.2 Å². The highest BCUT2D eigenvalue weighted by Gasteiger charge is 2.38. The number of benzene rings is 1. The van der Waals surface area contributed by atoms with Gasteiger partial charge in [0.25, 0.3) is 0 Å². The first-order valence-corrected chi connectivity index (χ1v) is 10.3. The van der Waals surface area contributed by atoms with Gasteiger partial charge >= 0.3 is 0 Å². The van der Waals surface area contributed by atoms with Gasteiger partial charge in [0.05, 0.1) is 6.20 Å². The fraction of sp³-hybridized carbons (Fsp3) is 0.391. The van der Waals surface area contributed by atoms with Crippen LogP contribution in [0.1, 0.15) is 26.7 Å². The van der Waals surface area contributed by atoms with Crippen LogP contribution in [0.15, 0.2) is 55.1 Å². The number of hydrogen-bond donors (Lipinski definition) is 1. The number of nitrogens with one attached hydrogen (secondary N) is 1. The highest BCUT2D eigenvalue weighted by atomic mass is 15.2. The Bertz CT molecular complexity index is 1040. The summed E-state index contributed by atoms with van der Waals surface area (Å²) in [6.45, 7) is 11.9. The Morgan fingerprint density at radius 3 is 2.79 bits per heavy atom. The Morgan fingerprint density at radius 2 is 2.07 bits per heavy atom. The third kappa shape index (κ3) is 4.08. The number of nitrogens with zero attached hydrogens (tertiary/aromatic N) is 4. The zero-order chi connectivity index (χ0) is 20.6. The molecule has 2 aromatic heterocycles. The molecule has 0 aliphatic carbocycles. The molecule has 1 aliphatic heterocycles. The van der Waals surface area contributed by atoms with Gasteiger partial charge in [0.2, 0.25) is 0 Å². The second-order valence-corrected chi connectivity index (χ2v) is 8.64. The number of hydrogen-bond acceptors (Lipinski definition) is 4. The fourth-order valence-electron chi connectivity index (χ4n) is 4.31. The standard InChI is InChI=1S/C23H29BN5/c1-16(14-29-21(24-4)8-9-23(29,2)3)27-22-11-19-10-17(6-7-18(19)12-25-22)20-13-26-28(5)15-20/h6-7,10-13,15,21H,1,8-9,14H2,2-5H3,(H,25,27).